The number of halogens is 2. The standard InChI is InChI=1S/C18H13F2N5O/c1-2-15-11-6-13(19)14(20)7-12(11)18(26)25(15)10-8-23-17(24-9-10)16-21-4-3-5-22-16/h3-9,15H,2H2,1H3. The average Bonchev–Trinajstić information content (AvgIpc) is 2.94. The highest BCUT2D eigenvalue weighted by atomic mass is 19.2. The molecule has 1 aliphatic rings. The molecule has 8 heteroatoms. The summed E-state index contributed by atoms with van der Waals surface area (Å²) in [6, 6.07) is 3.31. The van der Waals surface area contributed by atoms with Gasteiger partial charge >= 0.3 is 0 Å². The molecule has 3 aromatic rings. The third-order valence-electron chi connectivity index (χ3n) is 4.28. The predicted molar refractivity (Wildman–Crippen MR) is 89.3 cm³/mol. The quantitative estimate of drug-likeness (QED) is 0.722. The molecule has 0 saturated carbocycles. The van der Waals surface area contributed by atoms with E-state index < -0.39 is 23.6 Å². The monoisotopic (exact) mass is 353 g/mol. The van der Waals surface area contributed by atoms with Crippen molar-refractivity contribution in [3.05, 3.63) is 65.7 Å². The number of hydrogen-bond donors (Lipinski definition) is 0. The van der Waals surface area contributed by atoms with Crippen molar-refractivity contribution in [2.45, 2.75) is 19.4 Å². The average molecular weight is 353 g/mol. The van der Waals surface area contributed by atoms with Crippen LogP contribution < -0.4 is 4.90 Å². The maximum absolute atomic E-state index is 13.6. The summed E-state index contributed by atoms with van der Waals surface area (Å²) in [6.07, 6.45) is 6.66. The predicted octanol–water partition coefficient (Wildman–Crippen LogP) is 3.32. The molecule has 26 heavy (non-hydrogen) atoms. The molecule has 0 fully saturated rings. The molecule has 0 N–H and O–H groups in total. The fourth-order valence-electron chi connectivity index (χ4n) is 3.11. The first-order chi connectivity index (χ1) is 12.6. The highest BCUT2D eigenvalue weighted by Gasteiger charge is 2.38. The normalized spacial score (nSPS) is 16.0. The van der Waals surface area contributed by atoms with Crippen molar-refractivity contribution in [3.63, 3.8) is 0 Å². The topological polar surface area (TPSA) is 71.9 Å². The zero-order valence-corrected chi connectivity index (χ0v) is 13.7. The summed E-state index contributed by atoms with van der Waals surface area (Å²) in [5.74, 6) is -1.72. The zero-order valence-electron chi connectivity index (χ0n) is 13.7. The van der Waals surface area contributed by atoms with Gasteiger partial charge < -0.3 is 0 Å². The van der Waals surface area contributed by atoms with Gasteiger partial charge in [-0.15, -0.1) is 0 Å². The Bertz CT molecular complexity index is 979. The number of carbonyl (C=O) groups is 1. The summed E-state index contributed by atoms with van der Waals surface area (Å²) < 4.78 is 27.2. The summed E-state index contributed by atoms with van der Waals surface area (Å²) in [6.45, 7) is 1.87. The molecule has 6 nitrogen and oxygen atoms in total. The maximum Gasteiger partial charge on any atom is 0.259 e. The highest BCUT2D eigenvalue weighted by molar-refractivity contribution is 6.11. The van der Waals surface area contributed by atoms with Crippen LogP contribution in [0.15, 0.2) is 43.0 Å². The van der Waals surface area contributed by atoms with Crippen LogP contribution in [0.25, 0.3) is 11.6 Å². The van der Waals surface area contributed by atoms with E-state index in [4.69, 9.17) is 0 Å². The Labute approximate surface area is 147 Å². The second kappa shape index (κ2) is 6.21. The first-order valence-corrected chi connectivity index (χ1v) is 8.02. The summed E-state index contributed by atoms with van der Waals surface area (Å²) in [7, 11) is 0. The lowest BCUT2D eigenvalue weighted by atomic mass is 10.0. The van der Waals surface area contributed by atoms with Crippen molar-refractivity contribution in [2.75, 3.05) is 4.90 Å². The van der Waals surface area contributed by atoms with Gasteiger partial charge in [0, 0.05) is 18.0 Å². The van der Waals surface area contributed by atoms with Crippen molar-refractivity contribution < 1.29 is 13.6 Å². The van der Waals surface area contributed by atoms with E-state index >= 15 is 0 Å². The summed E-state index contributed by atoms with van der Waals surface area (Å²) in [5, 5.41) is 0. The van der Waals surface area contributed by atoms with Gasteiger partial charge in [0.2, 0.25) is 0 Å². The van der Waals surface area contributed by atoms with E-state index in [0.29, 0.717) is 29.3 Å². The molecular weight excluding hydrogens is 340 g/mol. The molecule has 1 aliphatic heterocycles. The third-order valence-corrected chi connectivity index (χ3v) is 4.28. The van der Waals surface area contributed by atoms with E-state index in [0.717, 1.165) is 12.1 Å². The number of benzene rings is 1. The van der Waals surface area contributed by atoms with Gasteiger partial charge in [-0.1, -0.05) is 6.92 Å². The van der Waals surface area contributed by atoms with E-state index in [1.165, 1.54) is 17.3 Å². The molecule has 2 aromatic heterocycles. The number of hydrogen-bond acceptors (Lipinski definition) is 5. The number of amides is 1. The second-order valence-corrected chi connectivity index (χ2v) is 5.79. The molecule has 0 bridgehead atoms. The number of aromatic nitrogens is 4. The van der Waals surface area contributed by atoms with E-state index in [2.05, 4.69) is 19.9 Å². The van der Waals surface area contributed by atoms with Gasteiger partial charge in [0.25, 0.3) is 5.91 Å². The Morgan fingerprint density at radius 3 is 2.27 bits per heavy atom. The van der Waals surface area contributed by atoms with Crippen LogP contribution in [0, 0.1) is 11.6 Å². The largest absolute Gasteiger partial charge is 0.298 e. The van der Waals surface area contributed by atoms with Crippen LogP contribution in [0.1, 0.15) is 35.3 Å². The Balaban J connectivity index is 1.72. The van der Waals surface area contributed by atoms with Gasteiger partial charge in [0.15, 0.2) is 23.3 Å². The van der Waals surface area contributed by atoms with Crippen molar-refractivity contribution in [2.24, 2.45) is 0 Å². The summed E-state index contributed by atoms with van der Waals surface area (Å²) in [5.41, 5.74) is 1.07. The maximum atomic E-state index is 13.6. The highest BCUT2D eigenvalue weighted by Crippen LogP contribution is 2.39. The number of fused-ring (bicyclic) bond motifs is 1. The lowest BCUT2D eigenvalue weighted by Crippen LogP contribution is -2.27. The van der Waals surface area contributed by atoms with Crippen LogP contribution >= 0.6 is 0 Å². The fourth-order valence-corrected chi connectivity index (χ4v) is 3.11. The Morgan fingerprint density at radius 2 is 1.62 bits per heavy atom. The van der Waals surface area contributed by atoms with Crippen molar-refractivity contribution in [1.82, 2.24) is 19.9 Å². The molecule has 0 aliphatic carbocycles. The van der Waals surface area contributed by atoms with Crippen molar-refractivity contribution >= 4 is 11.6 Å². The van der Waals surface area contributed by atoms with Gasteiger partial charge in [-0.2, -0.15) is 0 Å². The first-order valence-electron chi connectivity index (χ1n) is 8.02. The smallest absolute Gasteiger partial charge is 0.259 e. The molecule has 0 saturated heterocycles. The minimum Gasteiger partial charge on any atom is -0.298 e. The van der Waals surface area contributed by atoms with Gasteiger partial charge in [0.05, 0.1) is 24.1 Å². The van der Waals surface area contributed by atoms with Crippen LogP contribution in [-0.2, 0) is 0 Å². The molecule has 1 aromatic carbocycles. The molecule has 0 spiro atoms. The van der Waals surface area contributed by atoms with Crippen LogP contribution in [0.3, 0.4) is 0 Å². The molecule has 1 amide bonds. The summed E-state index contributed by atoms with van der Waals surface area (Å²) in [4.78, 5) is 30.8. The molecule has 0 radical (unpaired) electrons. The first kappa shape index (κ1) is 16.2. The van der Waals surface area contributed by atoms with Gasteiger partial charge in [0.1, 0.15) is 0 Å². The molecule has 4 rings (SSSR count). The number of carbonyl (C=O) groups excluding carboxylic acids is 1. The van der Waals surface area contributed by atoms with Crippen LogP contribution in [0.4, 0.5) is 14.5 Å². The van der Waals surface area contributed by atoms with Crippen LogP contribution in [0.5, 0.6) is 0 Å². The molecule has 1 atom stereocenters. The number of anilines is 1. The molecule has 1 unspecified atom stereocenters. The van der Waals surface area contributed by atoms with Crippen molar-refractivity contribution in [1.29, 1.82) is 0 Å². The van der Waals surface area contributed by atoms with Gasteiger partial charge in [-0.25, -0.2) is 28.7 Å². The second-order valence-electron chi connectivity index (χ2n) is 5.79. The van der Waals surface area contributed by atoms with Crippen LogP contribution in [-0.4, -0.2) is 25.8 Å². The van der Waals surface area contributed by atoms with Gasteiger partial charge in [-0.3, -0.25) is 9.69 Å². The van der Waals surface area contributed by atoms with E-state index in [-0.39, 0.29) is 5.56 Å². The Morgan fingerprint density at radius 1 is 1.00 bits per heavy atom. The van der Waals surface area contributed by atoms with Crippen molar-refractivity contribution in [3.8, 4) is 11.6 Å². The lowest BCUT2D eigenvalue weighted by molar-refractivity contribution is 0.0990. The zero-order chi connectivity index (χ0) is 18.3. The number of rotatable bonds is 3. The third kappa shape index (κ3) is 2.50. The Kier molecular flexibility index (Phi) is 3.87. The van der Waals surface area contributed by atoms with Crippen LogP contribution in [0.2, 0.25) is 0 Å². The number of nitrogens with zero attached hydrogens (tertiary/aromatic N) is 5. The Hall–Kier alpha value is -3.29. The fraction of sp³-hybridized carbons (Fsp3) is 0.167. The van der Waals surface area contributed by atoms with E-state index in [1.54, 1.807) is 18.5 Å². The SMILES string of the molecule is CCC1c2cc(F)c(F)cc2C(=O)N1c1cnc(-c2ncccn2)nc1. The lowest BCUT2D eigenvalue weighted by Gasteiger charge is -2.23. The van der Waals surface area contributed by atoms with E-state index in [1.807, 2.05) is 6.92 Å². The van der Waals surface area contributed by atoms with Gasteiger partial charge in [-0.05, 0) is 30.2 Å². The summed E-state index contributed by atoms with van der Waals surface area (Å²) >= 11 is 0. The minimum atomic E-state index is -1.04. The molecular formula is C18H13F2N5O. The minimum absolute atomic E-state index is 0.159. The molecule has 130 valence electrons. The molecule has 3 heterocycles. The van der Waals surface area contributed by atoms with E-state index in [9.17, 15) is 13.6 Å².